The van der Waals surface area contributed by atoms with Crippen molar-refractivity contribution in [3.63, 3.8) is 0 Å². The first-order valence-electron chi connectivity index (χ1n) is 6.05. The van der Waals surface area contributed by atoms with Crippen LogP contribution in [0, 0.1) is 0 Å². The molecule has 0 aromatic carbocycles. The van der Waals surface area contributed by atoms with Crippen LogP contribution < -0.4 is 10.9 Å². The number of hydrogen-bond acceptors (Lipinski definition) is 6. The van der Waals surface area contributed by atoms with E-state index in [1.54, 1.807) is 11.1 Å². The van der Waals surface area contributed by atoms with E-state index in [4.69, 9.17) is 10.9 Å². The fraction of sp³-hybridized carbons (Fsp3) is 0.667. The van der Waals surface area contributed by atoms with E-state index >= 15 is 0 Å². The average Bonchev–Trinajstić information content (AvgIpc) is 2.85. The topological polar surface area (TPSA) is 140 Å². The van der Waals surface area contributed by atoms with Crippen LogP contribution >= 0.6 is 0 Å². The Balaban J connectivity index is 1.89. The van der Waals surface area contributed by atoms with E-state index in [9.17, 15) is 13.2 Å². The van der Waals surface area contributed by atoms with E-state index in [1.165, 1.54) is 4.68 Å². The summed E-state index contributed by atoms with van der Waals surface area (Å²) in [6, 6.07) is 0. The molecule has 1 aliphatic rings. The molecule has 112 valence electrons. The quantitative estimate of drug-likeness (QED) is 0.610. The fourth-order valence-corrected chi connectivity index (χ4v) is 2.61. The molecule has 0 bridgehead atoms. The molecule has 1 amide bonds. The number of nitrogens with two attached hydrogens (primary N) is 2. The lowest BCUT2D eigenvalue weighted by Crippen LogP contribution is -2.52. The standard InChI is InChI=1S/C9H17N7O3S/c10-5-8-6-15(13-12-8)7-9(17)14-1-3-16(4-2-14)20(11,18)19/h6H,1-5,7,10H2,(H2,11,18,19). The number of carbonyl (C=O) groups excluding carboxylic acids is 1. The normalized spacial score (nSPS) is 17.4. The Bertz CT molecular complexity index is 576. The van der Waals surface area contributed by atoms with Gasteiger partial charge >= 0.3 is 0 Å². The smallest absolute Gasteiger partial charge is 0.277 e. The Morgan fingerprint density at radius 3 is 2.45 bits per heavy atom. The summed E-state index contributed by atoms with van der Waals surface area (Å²) in [5, 5.41) is 12.6. The van der Waals surface area contributed by atoms with Gasteiger partial charge in [0.2, 0.25) is 5.91 Å². The van der Waals surface area contributed by atoms with Crippen molar-refractivity contribution in [3.05, 3.63) is 11.9 Å². The van der Waals surface area contributed by atoms with Crippen molar-refractivity contribution in [2.75, 3.05) is 26.2 Å². The zero-order valence-electron chi connectivity index (χ0n) is 10.8. The second-order valence-corrected chi connectivity index (χ2v) is 5.98. The molecule has 0 radical (unpaired) electrons. The third kappa shape index (κ3) is 3.50. The molecule has 1 fully saturated rings. The van der Waals surface area contributed by atoms with Gasteiger partial charge in [0, 0.05) is 32.7 Å². The van der Waals surface area contributed by atoms with Crippen LogP contribution in [0.1, 0.15) is 5.69 Å². The highest BCUT2D eigenvalue weighted by molar-refractivity contribution is 7.86. The molecule has 4 N–H and O–H groups in total. The van der Waals surface area contributed by atoms with Gasteiger partial charge < -0.3 is 10.6 Å². The zero-order valence-corrected chi connectivity index (χ0v) is 11.7. The van der Waals surface area contributed by atoms with Crippen LogP contribution in [0.4, 0.5) is 0 Å². The van der Waals surface area contributed by atoms with E-state index < -0.39 is 10.2 Å². The van der Waals surface area contributed by atoms with Gasteiger partial charge in [-0.15, -0.1) is 5.10 Å². The predicted molar refractivity (Wildman–Crippen MR) is 69.2 cm³/mol. The summed E-state index contributed by atoms with van der Waals surface area (Å²) < 4.78 is 24.9. The molecule has 1 aromatic heterocycles. The second kappa shape index (κ2) is 5.83. The minimum atomic E-state index is -3.68. The SMILES string of the molecule is NCc1cn(CC(=O)N2CCN(S(N)(=O)=O)CC2)nn1. The molecule has 0 aliphatic carbocycles. The van der Waals surface area contributed by atoms with Gasteiger partial charge in [-0.05, 0) is 0 Å². The number of carbonyl (C=O) groups is 1. The Morgan fingerprint density at radius 2 is 1.95 bits per heavy atom. The maximum atomic E-state index is 12.0. The molecule has 20 heavy (non-hydrogen) atoms. The van der Waals surface area contributed by atoms with E-state index in [0.29, 0.717) is 18.8 Å². The van der Waals surface area contributed by atoms with Gasteiger partial charge in [0.05, 0.1) is 11.9 Å². The summed E-state index contributed by atoms with van der Waals surface area (Å²) >= 11 is 0. The maximum absolute atomic E-state index is 12.0. The number of rotatable bonds is 4. The Labute approximate surface area is 116 Å². The zero-order chi connectivity index (χ0) is 14.8. The molecule has 0 saturated carbocycles. The van der Waals surface area contributed by atoms with Crippen molar-refractivity contribution in [1.82, 2.24) is 24.2 Å². The first-order valence-corrected chi connectivity index (χ1v) is 7.55. The predicted octanol–water partition coefficient (Wildman–Crippen LogP) is -2.92. The summed E-state index contributed by atoms with van der Waals surface area (Å²) in [7, 11) is -3.68. The van der Waals surface area contributed by atoms with Crippen molar-refractivity contribution in [2.24, 2.45) is 10.9 Å². The van der Waals surface area contributed by atoms with E-state index in [2.05, 4.69) is 10.3 Å². The summed E-state index contributed by atoms with van der Waals surface area (Å²) in [6.45, 7) is 1.36. The third-order valence-electron chi connectivity index (χ3n) is 3.04. The molecule has 0 spiro atoms. The van der Waals surface area contributed by atoms with Gasteiger partial charge in [-0.3, -0.25) is 4.79 Å². The highest BCUT2D eigenvalue weighted by Crippen LogP contribution is 2.05. The van der Waals surface area contributed by atoms with Gasteiger partial charge in [0.1, 0.15) is 6.54 Å². The van der Waals surface area contributed by atoms with Gasteiger partial charge in [-0.1, -0.05) is 5.21 Å². The maximum Gasteiger partial charge on any atom is 0.277 e. The van der Waals surface area contributed by atoms with Crippen molar-refractivity contribution in [1.29, 1.82) is 0 Å². The number of aromatic nitrogens is 3. The number of amides is 1. The Hall–Kier alpha value is -1.56. The molecular formula is C9H17N7O3S. The minimum Gasteiger partial charge on any atom is -0.338 e. The summed E-state index contributed by atoms with van der Waals surface area (Å²) in [5.74, 6) is -0.146. The van der Waals surface area contributed by atoms with E-state index in [-0.39, 0.29) is 32.1 Å². The molecule has 1 saturated heterocycles. The summed E-state index contributed by atoms with van der Waals surface area (Å²) in [6.07, 6.45) is 1.61. The van der Waals surface area contributed by atoms with Crippen LogP contribution in [0.5, 0.6) is 0 Å². The number of nitrogens with zero attached hydrogens (tertiary/aromatic N) is 5. The highest BCUT2D eigenvalue weighted by atomic mass is 32.2. The first kappa shape index (κ1) is 14.8. The van der Waals surface area contributed by atoms with Gasteiger partial charge in [0.25, 0.3) is 10.2 Å². The van der Waals surface area contributed by atoms with Crippen molar-refractivity contribution in [2.45, 2.75) is 13.1 Å². The molecule has 11 heteroatoms. The number of piperazine rings is 1. The first-order chi connectivity index (χ1) is 9.40. The lowest BCUT2D eigenvalue weighted by molar-refractivity contribution is -0.133. The lowest BCUT2D eigenvalue weighted by Gasteiger charge is -2.32. The molecule has 0 unspecified atom stereocenters. The van der Waals surface area contributed by atoms with Crippen LogP contribution in [0.3, 0.4) is 0 Å². The molecule has 2 rings (SSSR count). The molecule has 1 aliphatic heterocycles. The van der Waals surface area contributed by atoms with Crippen molar-refractivity contribution in [3.8, 4) is 0 Å². The monoisotopic (exact) mass is 303 g/mol. The Morgan fingerprint density at radius 1 is 1.30 bits per heavy atom. The lowest BCUT2D eigenvalue weighted by atomic mass is 10.3. The molecule has 0 atom stereocenters. The van der Waals surface area contributed by atoms with Crippen molar-refractivity contribution >= 4 is 16.1 Å². The molecule has 2 heterocycles. The van der Waals surface area contributed by atoms with E-state index in [0.717, 1.165) is 4.31 Å². The third-order valence-corrected chi connectivity index (χ3v) is 4.13. The summed E-state index contributed by atoms with van der Waals surface area (Å²) in [4.78, 5) is 13.6. The van der Waals surface area contributed by atoms with Crippen molar-refractivity contribution < 1.29 is 13.2 Å². The molecule has 10 nitrogen and oxygen atoms in total. The van der Waals surface area contributed by atoms with Gasteiger partial charge in [0.15, 0.2) is 0 Å². The number of hydrogen-bond donors (Lipinski definition) is 2. The van der Waals surface area contributed by atoms with Crippen LogP contribution in [0.15, 0.2) is 6.20 Å². The average molecular weight is 303 g/mol. The van der Waals surface area contributed by atoms with Crippen LogP contribution in [-0.4, -0.2) is 64.7 Å². The summed E-state index contributed by atoms with van der Waals surface area (Å²) in [5.41, 5.74) is 6.02. The van der Waals surface area contributed by atoms with Crippen LogP contribution in [0.25, 0.3) is 0 Å². The second-order valence-electron chi connectivity index (χ2n) is 4.44. The van der Waals surface area contributed by atoms with Gasteiger partial charge in [-0.25, -0.2) is 9.82 Å². The van der Waals surface area contributed by atoms with Crippen LogP contribution in [0.2, 0.25) is 0 Å². The van der Waals surface area contributed by atoms with Crippen LogP contribution in [-0.2, 0) is 28.1 Å². The fourth-order valence-electron chi connectivity index (χ4n) is 1.94. The molecular weight excluding hydrogens is 286 g/mol. The Kier molecular flexibility index (Phi) is 4.32. The van der Waals surface area contributed by atoms with Gasteiger partial charge in [-0.2, -0.15) is 12.7 Å². The molecule has 1 aromatic rings. The van der Waals surface area contributed by atoms with E-state index in [1.807, 2.05) is 0 Å². The highest BCUT2D eigenvalue weighted by Gasteiger charge is 2.26. The minimum absolute atomic E-state index is 0.0579. The largest absolute Gasteiger partial charge is 0.338 e.